The monoisotopic (exact) mass is 290 g/mol. The molecule has 20 heavy (non-hydrogen) atoms. The minimum absolute atomic E-state index is 0.0551. The Bertz CT molecular complexity index is 560. The summed E-state index contributed by atoms with van der Waals surface area (Å²) in [6, 6.07) is 15.6. The zero-order valence-electron chi connectivity index (χ0n) is 11.5. The van der Waals surface area contributed by atoms with Crippen molar-refractivity contribution in [1.82, 2.24) is 5.43 Å². The van der Waals surface area contributed by atoms with E-state index in [2.05, 4.69) is 24.5 Å². The highest BCUT2D eigenvalue weighted by molar-refractivity contribution is 6.30. The van der Waals surface area contributed by atoms with E-state index in [1.807, 2.05) is 30.3 Å². The van der Waals surface area contributed by atoms with Crippen molar-refractivity contribution in [2.45, 2.75) is 19.4 Å². The molecule has 1 unspecified atom stereocenters. The van der Waals surface area contributed by atoms with Crippen molar-refractivity contribution in [3.05, 3.63) is 64.7 Å². The summed E-state index contributed by atoms with van der Waals surface area (Å²) in [7, 11) is 0. The molecule has 0 saturated heterocycles. The molecule has 0 aromatic heterocycles. The highest BCUT2D eigenvalue weighted by Crippen LogP contribution is 2.20. The lowest BCUT2D eigenvalue weighted by Gasteiger charge is -2.18. The fourth-order valence-corrected chi connectivity index (χ4v) is 2.19. The molecular weight excluding hydrogens is 272 g/mol. The van der Waals surface area contributed by atoms with E-state index in [0.717, 1.165) is 17.7 Å². The number of hydrogen-bond donors (Lipinski definition) is 2. The number of rotatable bonds is 6. The number of nitrogens with one attached hydrogen (secondary N) is 1. The van der Waals surface area contributed by atoms with Crippen LogP contribution in [0, 0.1) is 0 Å². The van der Waals surface area contributed by atoms with E-state index >= 15 is 0 Å². The van der Waals surface area contributed by atoms with Crippen molar-refractivity contribution in [1.29, 1.82) is 0 Å². The average Bonchev–Trinajstić information content (AvgIpc) is 2.48. The van der Waals surface area contributed by atoms with Crippen LogP contribution < -0.4 is 16.0 Å². The number of aryl methyl sites for hydroxylation is 1. The summed E-state index contributed by atoms with van der Waals surface area (Å²) in [5, 5.41) is 0.660. The lowest BCUT2D eigenvalue weighted by atomic mass is 10.0. The van der Waals surface area contributed by atoms with Crippen LogP contribution >= 0.6 is 11.6 Å². The first-order chi connectivity index (χ1) is 9.72. The van der Waals surface area contributed by atoms with Gasteiger partial charge in [0.25, 0.3) is 0 Å². The van der Waals surface area contributed by atoms with Crippen LogP contribution in [0.15, 0.2) is 48.5 Å². The number of nitrogens with two attached hydrogens (primary N) is 1. The fraction of sp³-hybridized carbons (Fsp3) is 0.250. The molecule has 3 nitrogen and oxygen atoms in total. The van der Waals surface area contributed by atoms with Crippen molar-refractivity contribution < 1.29 is 4.74 Å². The third-order valence-corrected chi connectivity index (χ3v) is 3.41. The van der Waals surface area contributed by atoms with Crippen LogP contribution in [0.5, 0.6) is 5.75 Å². The van der Waals surface area contributed by atoms with Crippen molar-refractivity contribution >= 4 is 11.6 Å². The fourth-order valence-electron chi connectivity index (χ4n) is 2.01. The SMILES string of the molecule is CCc1cccc(C(COc2cccc(Cl)c2)NN)c1. The molecule has 2 aromatic carbocycles. The molecule has 0 aliphatic heterocycles. The molecular formula is C16H19ClN2O. The van der Waals surface area contributed by atoms with Gasteiger partial charge in [-0.2, -0.15) is 0 Å². The smallest absolute Gasteiger partial charge is 0.120 e. The third kappa shape index (κ3) is 3.97. The Labute approximate surface area is 124 Å². The van der Waals surface area contributed by atoms with Crippen LogP contribution in [0.1, 0.15) is 24.1 Å². The minimum Gasteiger partial charge on any atom is -0.492 e. The molecule has 0 aliphatic carbocycles. The van der Waals surface area contributed by atoms with E-state index in [1.54, 1.807) is 6.07 Å². The second kappa shape index (κ2) is 7.29. The predicted octanol–water partition coefficient (Wildman–Crippen LogP) is 3.49. The highest BCUT2D eigenvalue weighted by Gasteiger charge is 2.11. The summed E-state index contributed by atoms with van der Waals surface area (Å²) in [5.41, 5.74) is 5.20. The number of ether oxygens (including phenoxy) is 1. The number of benzene rings is 2. The van der Waals surface area contributed by atoms with E-state index in [-0.39, 0.29) is 6.04 Å². The van der Waals surface area contributed by atoms with Crippen LogP contribution in [-0.2, 0) is 6.42 Å². The standard InChI is InChI=1S/C16H19ClN2O/c1-2-12-5-3-6-13(9-12)16(19-18)11-20-15-8-4-7-14(17)10-15/h3-10,16,19H,2,11,18H2,1H3. The lowest BCUT2D eigenvalue weighted by Crippen LogP contribution is -2.32. The maximum Gasteiger partial charge on any atom is 0.120 e. The molecule has 0 bridgehead atoms. The molecule has 3 N–H and O–H groups in total. The largest absolute Gasteiger partial charge is 0.492 e. The Hall–Kier alpha value is -1.55. The van der Waals surface area contributed by atoms with Crippen LogP contribution in [0.2, 0.25) is 5.02 Å². The van der Waals surface area contributed by atoms with E-state index < -0.39 is 0 Å². The summed E-state index contributed by atoms with van der Waals surface area (Å²) in [4.78, 5) is 0. The molecule has 0 saturated carbocycles. The van der Waals surface area contributed by atoms with Gasteiger partial charge in [-0.3, -0.25) is 5.84 Å². The van der Waals surface area contributed by atoms with Gasteiger partial charge in [0.15, 0.2) is 0 Å². The van der Waals surface area contributed by atoms with Gasteiger partial charge in [0.05, 0.1) is 6.04 Å². The van der Waals surface area contributed by atoms with Gasteiger partial charge in [-0.1, -0.05) is 48.9 Å². The van der Waals surface area contributed by atoms with E-state index in [9.17, 15) is 0 Å². The van der Waals surface area contributed by atoms with Gasteiger partial charge < -0.3 is 4.74 Å². The van der Waals surface area contributed by atoms with Gasteiger partial charge in [0.2, 0.25) is 0 Å². The highest BCUT2D eigenvalue weighted by atomic mass is 35.5. The molecule has 2 aromatic rings. The molecule has 0 spiro atoms. The maximum atomic E-state index is 5.93. The van der Waals surface area contributed by atoms with Crippen LogP contribution in [-0.4, -0.2) is 6.61 Å². The predicted molar refractivity (Wildman–Crippen MR) is 82.8 cm³/mol. The van der Waals surface area contributed by atoms with Gasteiger partial charge in [-0.25, -0.2) is 5.43 Å². The van der Waals surface area contributed by atoms with Crippen molar-refractivity contribution in [3.63, 3.8) is 0 Å². The van der Waals surface area contributed by atoms with Crippen molar-refractivity contribution in [3.8, 4) is 5.75 Å². The molecule has 0 amide bonds. The van der Waals surface area contributed by atoms with Crippen LogP contribution in [0.3, 0.4) is 0 Å². The zero-order valence-corrected chi connectivity index (χ0v) is 12.2. The van der Waals surface area contributed by atoms with Crippen LogP contribution in [0.25, 0.3) is 0 Å². The molecule has 1 atom stereocenters. The number of halogens is 1. The van der Waals surface area contributed by atoms with Gasteiger partial charge in [-0.15, -0.1) is 0 Å². The normalized spacial score (nSPS) is 12.2. The third-order valence-electron chi connectivity index (χ3n) is 3.18. The molecule has 0 radical (unpaired) electrons. The number of hydrogen-bond acceptors (Lipinski definition) is 3. The summed E-state index contributed by atoms with van der Waals surface area (Å²) in [5.74, 6) is 6.37. The van der Waals surface area contributed by atoms with Gasteiger partial charge in [-0.05, 0) is 35.7 Å². The Kier molecular flexibility index (Phi) is 5.41. The Balaban J connectivity index is 2.05. The van der Waals surface area contributed by atoms with E-state index in [0.29, 0.717) is 11.6 Å². The molecule has 4 heteroatoms. The zero-order chi connectivity index (χ0) is 14.4. The van der Waals surface area contributed by atoms with Gasteiger partial charge >= 0.3 is 0 Å². The summed E-state index contributed by atoms with van der Waals surface area (Å²) >= 11 is 5.93. The lowest BCUT2D eigenvalue weighted by molar-refractivity contribution is 0.267. The second-order valence-electron chi connectivity index (χ2n) is 4.59. The average molecular weight is 291 g/mol. The van der Waals surface area contributed by atoms with E-state index in [4.69, 9.17) is 22.2 Å². The quantitative estimate of drug-likeness (QED) is 0.632. The van der Waals surface area contributed by atoms with Gasteiger partial charge in [0, 0.05) is 5.02 Å². The topological polar surface area (TPSA) is 47.3 Å². The number of hydrazine groups is 1. The minimum atomic E-state index is -0.0551. The summed E-state index contributed by atoms with van der Waals surface area (Å²) < 4.78 is 5.74. The van der Waals surface area contributed by atoms with E-state index in [1.165, 1.54) is 5.56 Å². The first-order valence-corrected chi connectivity index (χ1v) is 7.04. The second-order valence-corrected chi connectivity index (χ2v) is 5.02. The first-order valence-electron chi connectivity index (χ1n) is 6.66. The molecule has 0 fully saturated rings. The molecule has 0 aliphatic rings. The first kappa shape index (κ1) is 14.9. The van der Waals surface area contributed by atoms with Crippen LogP contribution in [0.4, 0.5) is 0 Å². The Morgan fingerprint density at radius 3 is 2.70 bits per heavy atom. The summed E-state index contributed by atoms with van der Waals surface area (Å²) in [6.07, 6.45) is 1.00. The van der Waals surface area contributed by atoms with Gasteiger partial charge in [0.1, 0.15) is 12.4 Å². The van der Waals surface area contributed by atoms with Crippen molar-refractivity contribution in [2.24, 2.45) is 5.84 Å². The van der Waals surface area contributed by atoms with Crippen molar-refractivity contribution in [2.75, 3.05) is 6.61 Å². The molecule has 106 valence electrons. The Morgan fingerprint density at radius 1 is 1.20 bits per heavy atom. The Morgan fingerprint density at radius 2 is 2.00 bits per heavy atom. The maximum absolute atomic E-state index is 5.93. The molecule has 2 rings (SSSR count). The summed E-state index contributed by atoms with van der Waals surface area (Å²) in [6.45, 7) is 2.58. The molecule has 0 heterocycles.